The molecule has 2 aliphatic heterocycles. The van der Waals surface area contributed by atoms with E-state index in [1.54, 1.807) is 46.4 Å². The summed E-state index contributed by atoms with van der Waals surface area (Å²) in [6.07, 6.45) is 1.14. The first-order valence-electron chi connectivity index (χ1n) is 12.5. The van der Waals surface area contributed by atoms with Crippen LogP contribution in [0.25, 0.3) is 0 Å². The van der Waals surface area contributed by atoms with Gasteiger partial charge in [-0.05, 0) is 67.2 Å². The summed E-state index contributed by atoms with van der Waals surface area (Å²) in [4.78, 5) is 43.0. The van der Waals surface area contributed by atoms with Gasteiger partial charge in [-0.25, -0.2) is 24.4 Å². The number of hydrogen-bond acceptors (Lipinski definition) is 9. The number of nitrogens with one attached hydrogen (secondary N) is 2. The molecule has 0 unspecified atom stereocenters. The molecule has 2 bridgehead atoms. The van der Waals surface area contributed by atoms with E-state index in [0.717, 1.165) is 5.06 Å². The molecule has 13 nitrogen and oxygen atoms in total. The van der Waals surface area contributed by atoms with Gasteiger partial charge >= 0.3 is 18.2 Å². The summed E-state index contributed by atoms with van der Waals surface area (Å²) < 4.78 is 16.1. The highest BCUT2D eigenvalue weighted by Gasteiger charge is 2.46. The lowest BCUT2D eigenvalue weighted by Crippen LogP contribution is -2.48. The number of aromatic nitrogens is 1. The predicted octanol–water partition coefficient (Wildman–Crippen LogP) is 3.66. The van der Waals surface area contributed by atoms with E-state index in [1.807, 2.05) is 6.07 Å². The van der Waals surface area contributed by atoms with Crippen LogP contribution in [0.2, 0.25) is 0 Å². The van der Waals surface area contributed by atoms with Crippen LogP contribution in [0.1, 0.15) is 90.6 Å². The highest BCUT2D eigenvalue weighted by atomic mass is 16.6. The van der Waals surface area contributed by atoms with Crippen LogP contribution < -0.4 is 10.6 Å². The number of ether oxygens (including phenoxy) is 2. The molecule has 2 atom stereocenters. The fraction of sp³-hybridized carbons (Fsp3) is 0.708. The van der Waals surface area contributed by atoms with Gasteiger partial charge in [-0.1, -0.05) is 5.16 Å². The van der Waals surface area contributed by atoms with Crippen LogP contribution in [-0.4, -0.2) is 74.3 Å². The number of nitrogens with zero attached hydrogens (tertiary/aromatic N) is 4. The van der Waals surface area contributed by atoms with Crippen LogP contribution in [-0.2, 0) is 9.47 Å². The van der Waals surface area contributed by atoms with E-state index < -0.39 is 29.4 Å². The molecule has 0 aromatic carbocycles. The van der Waals surface area contributed by atoms with Crippen molar-refractivity contribution in [2.24, 2.45) is 4.99 Å². The van der Waals surface area contributed by atoms with Crippen LogP contribution in [0.15, 0.2) is 15.6 Å². The van der Waals surface area contributed by atoms with Crippen molar-refractivity contribution in [1.29, 1.82) is 0 Å². The van der Waals surface area contributed by atoms with Crippen LogP contribution in [0.4, 0.5) is 14.4 Å². The minimum Gasteiger partial charge on any atom is -0.444 e. The fourth-order valence-corrected chi connectivity index (χ4v) is 4.62. The Bertz CT molecular complexity index is 1030. The second-order valence-corrected chi connectivity index (χ2v) is 11.7. The third kappa shape index (κ3) is 6.51. The summed E-state index contributed by atoms with van der Waals surface area (Å²) in [5.41, 5.74) is -0.773. The van der Waals surface area contributed by atoms with Crippen LogP contribution in [0.5, 0.6) is 0 Å². The van der Waals surface area contributed by atoms with Crippen LogP contribution in [0, 0.1) is 0 Å². The molecule has 204 valence electrons. The minimum atomic E-state index is -0.745. The Morgan fingerprint density at radius 3 is 2.24 bits per heavy atom. The molecule has 4 rings (SSSR count). The summed E-state index contributed by atoms with van der Waals surface area (Å²) in [6, 6.07) is 0.879. The summed E-state index contributed by atoms with van der Waals surface area (Å²) in [5, 5.41) is 19.9. The lowest BCUT2D eigenvalue weighted by atomic mass is 9.79. The molecular formula is C24H36N6O7. The molecule has 1 aromatic rings. The van der Waals surface area contributed by atoms with Gasteiger partial charge in [0.1, 0.15) is 22.7 Å². The van der Waals surface area contributed by atoms with E-state index in [9.17, 15) is 19.6 Å². The molecule has 1 saturated carbocycles. The smallest absolute Gasteiger partial charge is 0.414 e. The highest BCUT2D eigenvalue weighted by molar-refractivity contribution is 6.01. The molecule has 3 N–H and O–H groups in total. The van der Waals surface area contributed by atoms with Crippen LogP contribution in [0.3, 0.4) is 0 Å². The van der Waals surface area contributed by atoms with Gasteiger partial charge in [0.2, 0.25) is 5.96 Å². The number of rotatable bonds is 3. The Morgan fingerprint density at radius 1 is 1.08 bits per heavy atom. The van der Waals surface area contributed by atoms with Gasteiger partial charge < -0.3 is 18.9 Å². The van der Waals surface area contributed by atoms with Gasteiger partial charge in [-0.3, -0.25) is 15.8 Å². The van der Waals surface area contributed by atoms with Crippen molar-refractivity contribution in [1.82, 2.24) is 25.8 Å². The predicted molar refractivity (Wildman–Crippen MR) is 130 cm³/mol. The van der Waals surface area contributed by atoms with Crippen molar-refractivity contribution in [3.8, 4) is 0 Å². The number of guanidine groups is 1. The number of aliphatic imine (C=N–C) groups is 1. The number of carbonyl (C=O) groups is 3. The average Bonchev–Trinajstić information content (AvgIpc) is 3.28. The third-order valence-electron chi connectivity index (χ3n) is 6.30. The maximum Gasteiger partial charge on any atom is 0.414 e. The zero-order valence-corrected chi connectivity index (χ0v) is 22.1. The topological polar surface area (TPSA) is 159 Å². The molecule has 1 aliphatic carbocycles. The van der Waals surface area contributed by atoms with E-state index in [2.05, 4.69) is 20.8 Å². The first-order valence-corrected chi connectivity index (χ1v) is 12.5. The fourth-order valence-electron chi connectivity index (χ4n) is 4.62. The van der Waals surface area contributed by atoms with Crippen molar-refractivity contribution < 1.29 is 33.6 Å². The molecule has 0 spiro atoms. The van der Waals surface area contributed by atoms with Crippen LogP contribution >= 0.6 is 0 Å². The van der Waals surface area contributed by atoms with E-state index >= 15 is 0 Å². The standard InChI is InChI=1S/C24H36N6O7/c1-23(2,3)35-20(31)26-19(27-21(32)36-24(4,5)6)25-14-9-13(10-14)18-11-16(28-37-18)17-8-7-15-12-29(17)22(33)30(15)34/h11,13-15,17,34H,7-10,12H2,1-6H3,(H2,25,26,27,31,32)/t13?,14?,15-,17-/m0/s1. The first kappa shape index (κ1) is 26.7. The second kappa shape index (κ2) is 9.84. The highest BCUT2D eigenvalue weighted by Crippen LogP contribution is 2.42. The van der Waals surface area contributed by atoms with E-state index in [0.29, 0.717) is 43.7 Å². The number of carbonyl (C=O) groups excluding carboxylic acids is 3. The largest absolute Gasteiger partial charge is 0.444 e. The quantitative estimate of drug-likeness (QED) is 0.309. The van der Waals surface area contributed by atoms with Gasteiger partial charge in [-0.2, -0.15) is 0 Å². The zero-order valence-electron chi connectivity index (χ0n) is 22.1. The second-order valence-electron chi connectivity index (χ2n) is 11.7. The Balaban J connectivity index is 1.38. The normalized spacial score (nSPS) is 25.3. The molecule has 0 radical (unpaired) electrons. The molecule has 4 amide bonds. The van der Waals surface area contributed by atoms with Crippen molar-refractivity contribution >= 4 is 24.2 Å². The lowest BCUT2D eigenvalue weighted by Gasteiger charge is -2.31. The molecule has 3 heterocycles. The number of hydrogen-bond donors (Lipinski definition) is 3. The van der Waals surface area contributed by atoms with Crippen molar-refractivity contribution in [2.45, 2.75) is 102 Å². The van der Waals surface area contributed by atoms with E-state index in [-0.39, 0.29) is 30.0 Å². The summed E-state index contributed by atoms with van der Waals surface area (Å²) in [7, 11) is 0. The molecule has 2 saturated heterocycles. The van der Waals surface area contributed by atoms with Gasteiger partial charge in [0, 0.05) is 18.5 Å². The lowest BCUT2D eigenvalue weighted by molar-refractivity contribution is -0.0584. The third-order valence-corrected chi connectivity index (χ3v) is 6.30. The number of alkyl carbamates (subject to hydrolysis) is 2. The Morgan fingerprint density at radius 2 is 1.68 bits per heavy atom. The Hall–Kier alpha value is -3.35. The monoisotopic (exact) mass is 520 g/mol. The number of hydroxylamine groups is 2. The maximum atomic E-state index is 12.3. The first-order chi connectivity index (χ1) is 17.2. The molecular weight excluding hydrogens is 484 g/mol. The van der Waals surface area contributed by atoms with E-state index in [1.165, 1.54) is 0 Å². The van der Waals surface area contributed by atoms with Gasteiger partial charge in [0.05, 0.1) is 18.1 Å². The molecule has 1 aromatic heterocycles. The minimum absolute atomic E-state index is 0.0527. The SMILES string of the molecule is CC(C)(C)OC(=O)NC(=NC1CC(c2cc([C@@H]3CC[C@H]4CN3C(=O)N4O)no2)C1)NC(=O)OC(C)(C)C. The summed E-state index contributed by atoms with van der Waals surface area (Å²) in [5.74, 6) is 0.695. The van der Waals surface area contributed by atoms with Gasteiger partial charge in [0.25, 0.3) is 0 Å². The number of urea groups is 1. The van der Waals surface area contributed by atoms with Crippen molar-refractivity contribution in [3.63, 3.8) is 0 Å². The van der Waals surface area contributed by atoms with Gasteiger partial charge in [0.15, 0.2) is 0 Å². The molecule has 3 fully saturated rings. The van der Waals surface area contributed by atoms with Gasteiger partial charge in [-0.15, -0.1) is 0 Å². The summed E-state index contributed by atoms with van der Waals surface area (Å²) >= 11 is 0. The summed E-state index contributed by atoms with van der Waals surface area (Å²) in [6.45, 7) is 10.9. The molecule has 37 heavy (non-hydrogen) atoms. The van der Waals surface area contributed by atoms with Crippen molar-refractivity contribution in [2.75, 3.05) is 6.54 Å². The Kier molecular flexibility index (Phi) is 7.10. The Labute approximate surface area is 215 Å². The maximum absolute atomic E-state index is 12.3. The molecule has 13 heteroatoms. The zero-order chi connectivity index (χ0) is 27.1. The average molecular weight is 521 g/mol. The number of piperidine rings is 1. The number of fused-ring (bicyclic) bond motifs is 2. The number of amides is 4. The van der Waals surface area contributed by atoms with E-state index in [4.69, 9.17) is 14.0 Å². The molecule has 3 aliphatic rings. The van der Waals surface area contributed by atoms with Crippen molar-refractivity contribution in [3.05, 3.63) is 17.5 Å².